The summed E-state index contributed by atoms with van der Waals surface area (Å²) in [6, 6.07) is 15.8. The maximum atomic E-state index is 12.4. The Kier molecular flexibility index (Phi) is 10.5. The van der Waals surface area contributed by atoms with E-state index in [2.05, 4.69) is 23.7 Å². The van der Waals surface area contributed by atoms with Crippen molar-refractivity contribution in [3.05, 3.63) is 77.9 Å². The molecule has 2 fully saturated rings. The van der Waals surface area contributed by atoms with Gasteiger partial charge in [-0.1, -0.05) is 62.2 Å². The largest absolute Gasteiger partial charge is 0.453 e. The van der Waals surface area contributed by atoms with Gasteiger partial charge in [0.2, 0.25) is 0 Å². The molecule has 1 heterocycles. The first kappa shape index (κ1) is 29.9. The Morgan fingerprint density at radius 1 is 1.10 bits per heavy atom. The van der Waals surface area contributed by atoms with E-state index in [1.54, 1.807) is 12.1 Å². The maximum Gasteiger partial charge on any atom is 0.303 e. The number of carbonyl (C=O) groups excluding carboxylic acids is 2. The molecule has 1 aliphatic carbocycles. The first-order valence-electron chi connectivity index (χ1n) is 14.2. The van der Waals surface area contributed by atoms with Gasteiger partial charge in [0.15, 0.2) is 12.4 Å². The van der Waals surface area contributed by atoms with Crippen molar-refractivity contribution in [1.29, 1.82) is 0 Å². The summed E-state index contributed by atoms with van der Waals surface area (Å²) in [5, 5.41) is 12.3. The molecule has 2 aliphatic rings. The van der Waals surface area contributed by atoms with Crippen LogP contribution in [0.2, 0.25) is 0 Å². The number of amides is 1. The molecule has 2 aromatic carbocycles. The number of aliphatic hydroxyl groups excluding tert-OH is 1. The average Bonchev–Trinajstić information content (AvgIpc) is 3.49. The molecular weight excluding hydrogens is 508 g/mol. The number of aliphatic hydroxyl groups is 1. The number of hydrogen-bond acceptors (Lipinski definition) is 7. The molecule has 5 atom stereocenters. The fourth-order valence-corrected chi connectivity index (χ4v) is 5.64. The summed E-state index contributed by atoms with van der Waals surface area (Å²) in [4.78, 5) is 26.0. The lowest BCUT2D eigenvalue weighted by molar-refractivity contribution is -0.276. The van der Waals surface area contributed by atoms with E-state index in [0.717, 1.165) is 29.8 Å². The summed E-state index contributed by atoms with van der Waals surface area (Å²) in [5.74, 6) is -0.817. The van der Waals surface area contributed by atoms with E-state index >= 15 is 0 Å². The van der Waals surface area contributed by atoms with Crippen molar-refractivity contribution in [1.82, 2.24) is 4.90 Å². The van der Waals surface area contributed by atoms with Gasteiger partial charge in [0, 0.05) is 43.2 Å². The van der Waals surface area contributed by atoms with E-state index in [4.69, 9.17) is 14.2 Å². The van der Waals surface area contributed by atoms with Gasteiger partial charge >= 0.3 is 5.97 Å². The molecule has 2 N–H and O–H groups in total. The predicted molar refractivity (Wildman–Crippen MR) is 153 cm³/mol. The van der Waals surface area contributed by atoms with Crippen molar-refractivity contribution in [2.75, 3.05) is 18.4 Å². The Labute approximate surface area is 237 Å². The third kappa shape index (κ3) is 7.57. The van der Waals surface area contributed by atoms with Gasteiger partial charge in [0.1, 0.15) is 0 Å². The minimum Gasteiger partial charge on any atom is -0.453 e. The molecule has 1 aliphatic heterocycles. The van der Waals surface area contributed by atoms with Crippen LogP contribution in [0.4, 0.5) is 5.69 Å². The van der Waals surface area contributed by atoms with Crippen LogP contribution >= 0.6 is 0 Å². The molecule has 1 saturated heterocycles. The molecule has 0 radical (unpaired) electrons. The third-order valence-corrected chi connectivity index (χ3v) is 7.90. The van der Waals surface area contributed by atoms with Gasteiger partial charge in [-0.2, -0.15) is 0 Å². The lowest BCUT2D eigenvalue weighted by Crippen LogP contribution is -2.47. The number of rotatable bonds is 11. The van der Waals surface area contributed by atoms with Crippen LogP contribution in [0, 0.1) is 5.92 Å². The van der Waals surface area contributed by atoms with Crippen molar-refractivity contribution < 1.29 is 28.9 Å². The Morgan fingerprint density at radius 3 is 2.35 bits per heavy atom. The maximum absolute atomic E-state index is 12.4. The summed E-state index contributed by atoms with van der Waals surface area (Å²) >= 11 is 0. The number of carbonyl (C=O) groups is 2. The zero-order chi connectivity index (χ0) is 28.6. The zero-order valence-corrected chi connectivity index (χ0v) is 23.8. The normalized spacial score (nSPS) is 24.0. The van der Waals surface area contributed by atoms with Crippen LogP contribution < -0.4 is 5.32 Å². The van der Waals surface area contributed by atoms with Crippen LogP contribution in [0.15, 0.2) is 61.2 Å². The summed E-state index contributed by atoms with van der Waals surface area (Å²) < 4.78 is 18.2. The van der Waals surface area contributed by atoms with E-state index in [1.165, 1.54) is 39.5 Å². The molecule has 2 aromatic rings. The van der Waals surface area contributed by atoms with E-state index in [9.17, 15) is 14.7 Å². The van der Waals surface area contributed by atoms with Crippen LogP contribution in [0.5, 0.6) is 0 Å². The summed E-state index contributed by atoms with van der Waals surface area (Å²) in [7, 11) is 0. The van der Waals surface area contributed by atoms with Crippen molar-refractivity contribution >= 4 is 17.6 Å². The number of nitrogens with zero attached hydrogens (tertiary/aromatic N) is 1. The highest BCUT2D eigenvalue weighted by molar-refractivity contribution is 5.94. The smallest absolute Gasteiger partial charge is 0.303 e. The van der Waals surface area contributed by atoms with Crippen LogP contribution in [0.1, 0.15) is 75.5 Å². The number of hydrogen-bond donors (Lipinski definition) is 2. The van der Waals surface area contributed by atoms with Crippen molar-refractivity contribution in [2.45, 2.75) is 83.7 Å². The van der Waals surface area contributed by atoms with E-state index in [-0.39, 0.29) is 24.7 Å². The van der Waals surface area contributed by atoms with Gasteiger partial charge in [-0.05, 0) is 43.0 Å². The molecule has 4 rings (SSSR count). The number of nitrogens with one attached hydrogen (secondary N) is 1. The molecule has 0 aromatic heterocycles. The molecule has 8 nitrogen and oxygen atoms in total. The lowest BCUT2D eigenvalue weighted by Gasteiger charge is -2.43. The molecule has 1 amide bonds. The van der Waals surface area contributed by atoms with E-state index in [0.29, 0.717) is 11.7 Å². The number of esters is 1. The fraction of sp³-hybridized carbons (Fsp3) is 0.500. The monoisotopic (exact) mass is 550 g/mol. The van der Waals surface area contributed by atoms with Crippen molar-refractivity contribution in [2.24, 2.45) is 5.92 Å². The van der Waals surface area contributed by atoms with Gasteiger partial charge in [-0.3, -0.25) is 14.5 Å². The standard InChI is InChI=1S/C32H42N2O6/c1-5-18-34(28-8-6-7-9-28)19-29-21(2)30(25-12-10-24(20-35)11-13-25)40-32(39-29)26-14-16-27(17-15-26)33-31(37)22(3)38-23(4)36/h5,10-17,21-22,28-30,32,35H,1,6-9,18-20H2,2-4H3,(H,33,37)/t21-,22+,29+,30+,32+/m1/s1. The fourth-order valence-electron chi connectivity index (χ4n) is 5.64. The topological polar surface area (TPSA) is 97.3 Å². The minimum absolute atomic E-state index is 0.00381. The molecule has 1 saturated carbocycles. The zero-order valence-electron chi connectivity index (χ0n) is 23.8. The van der Waals surface area contributed by atoms with Gasteiger partial charge in [-0.15, -0.1) is 6.58 Å². The molecule has 216 valence electrons. The Morgan fingerprint density at radius 2 is 1.75 bits per heavy atom. The molecule has 8 heteroatoms. The predicted octanol–water partition coefficient (Wildman–Crippen LogP) is 5.29. The summed E-state index contributed by atoms with van der Waals surface area (Å²) in [6.45, 7) is 10.6. The van der Waals surface area contributed by atoms with Gasteiger partial charge < -0.3 is 24.6 Å². The Balaban J connectivity index is 1.54. The highest BCUT2D eigenvalue weighted by Gasteiger charge is 2.40. The Bertz CT molecular complexity index is 1130. The molecular formula is C32H42N2O6. The number of benzene rings is 2. The minimum atomic E-state index is -0.888. The van der Waals surface area contributed by atoms with Crippen LogP contribution in [0.3, 0.4) is 0 Å². The van der Waals surface area contributed by atoms with Crippen LogP contribution in [-0.2, 0) is 30.4 Å². The quantitative estimate of drug-likeness (QED) is 0.290. The van der Waals surface area contributed by atoms with Crippen LogP contribution in [-0.4, -0.2) is 53.2 Å². The summed E-state index contributed by atoms with van der Waals surface area (Å²) in [6.07, 6.45) is 5.12. The van der Waals surface area contributed by atoms with Crippen molar-refractivity contribution in [3.8, 4) is 0 Å². The first-order valence-corrected chi connectivity index (χ1v) is 14.2. The highest BCUT2D eigenvalue weighted by Crippen LogP contribution is 2.42. The molecule has 0 unspecified atom stereocenters. The molecule has 0 spiro atoms. The Hall–Kier alpha value is -3.04. The molecule has 40 heavy (non-hydrogen) atoms. The average molecular weight is 551 g/mol. The van der Waals surface area contributed by atoms with Crippen molar-refractivity contribution in [3.63, 3.8) is 0 Å². The van der Waals surface area contributed by atoms with Gasteiger partial charge in [0.05, 0.1) is 18.8 Å². The second-order valence-electron chi connectivity index (χ2n) is 10.9. The van der Waals surface area contributed by atoms with Gasteiger partial charge in [-0.25, -0.2) is 0 Å². The van der Waals surface area contributed by atoms with E-state index in [1.807, 2.05) is 42.5 Å². The highest BCUT2D eigenvalue weighted by atomic mass is 16.7. The number of anilines is 1. The third-order valence-electron chi connectivity index (χ3n) is 7.90. The van der Waals surface area contributed by atoms with Gasteiger partial charge in [0.25, 0.3) is 5.91 Å². The second kappa shape index (κ2) is 14.0. The first-order chi connectivity index (χ1) is 19.3. The number of ether oxygens (including phenoxy) is 3. The lowest BCUT2D eigenvalue weighted by atomic mass is 9.89. The second-order valence-corrected chi connectivity index (χ2v) is 10.9. The molecule has 0 bridgehead atoms. The summed E-state index contributed by atoms with van der Waals surface area (Å²) in [5.41, 5.74) is 3.33. The van der Waals surface area contributed by atoms with Crippen LogP contribution in [0.25, 0.3) is 0 Å². The van der Waals surface area contributed by atoms with E-state index < -0.39 is 24.3 Å². The SMILES string of the molecule is C=CCN(C[C@@H]1O[C@H](c2ccc(NC(=O)[C@H](C)OC(C)=O)cc2)O[C@H](c2ccc(CO)cc2)[C@@H]1C)C1CCCC1.